The Hall–Kier alpha value is -0.780. The van der Waals surface area contributed by atoms with E-state index in [1.165, 1.54) is 24.0 Å². The van der Waals surface area contributed by atoms with E-state index >= 15 is 0 Å². The third-order valence-electron chi connectivity index (χ3n) is 2.21. The fourth-order valence-electron chi connectivity index (χ4n) is 1.31. The second-order valence-electron chi connectivity index (χ2n) is 4.78. The van der Waals surface area contributed by atoms with Crippen molar-refractivity contribution < 1.29 is 0 Å². The van der Waals surface area contributed by atoms with Crippen molar-refractivity contribution in [1.29, 1.82) is 0 Å². The van der Waals surface area contributed by atoms with Gasteiger partial charge in [0.05, 0.1) is 0 Å². The van der Waals surface area contributed by atoms with Crippen LogP contribution in [0.5, 0.6) is 0 Å². The molecule has 0 bridgehead atoms. The van der Waals surface area contributed by atoms with Gasteiger partial charge in [-0.05, 0) is 46.0 Å². The van der Waals surface area contributed by atoms with Crippen LogP contribution in [0.1, 0.15) is 53.9 Å². The molecule has 0 aromatic rings. The topological polar surface area (TPSA) is 0 Å². The van der Waals surface area contributed by atoms with Crippen molar-refractivity contribution in [2.45, 2.75) is 53.9 Å². The van der Waals surface area contributed by atoms with Gasteiger partial charge in [0.2, 0.25) is 0 Å². The molecule has 0 N–H and O–H groups in total. The third-order valence-corrected chi connectivity index (χ3v) is 2.21. The zero-order valence-corrected chi connectivity index (χ0v) is 11.0. The first-order chi connectivity index (χ1) is 7.02. The molecular weight excluding hydrogens is 180 g/mol. The number of hydrogen-bond donors (Lipinski definition) is 0. The summed E-state index contributed by atoms with van der Waals surface area (Å²) in [6.45, 7) is 11.0. The highest BCUT2D eigenvalue weighted by Gasteiger charge is 1.88. The van der Waals surface area contributed by atoms with E-state index < -0.39 is 0 Å². The summed E-state index contributed by atoms with van der Waals surface area (Å²) in [5, 5.41) is 0. The van der Waals surface area contributed by atoms with E-state index in [-0.39, 0.29) is 0 Å². The quantitative estimate of drug-likeness (QED) is 0.518. The fraction of sp³-hybridized carbons (Fsp3) is 0.600. The molecule has 0 rings (SSSR count). The monoisotopic (exact) mass is 206 g/mol. The highest BCUT2D eigenvalue weighted by molar-refractivity contribution is 5.04. The van der Waals surface area contributed by atoms with Crippen LogP contribution in [0.3, 0.4) is 0 Å². The lowest BCUT2D eigenvalue weighted by Gasteiger charge is -1.98. The Morgan fingerprint density at radius 2 is 1.73 bits per heavy atom. The summed E-state index contributed by atoms with van der Waals surface area (Å²) in [5.74, 6) is 0.671. The fourth-order valence-corrected chi connectivity index (χ4v) is 1.31. The summed E-state index contributed by atoms with van der Waals surface area (Å²) in [6, 6.07) is 0. The van der Waals surface area contributed by atoms with Crippen molar-refractivity contribution in [3.63, 3.8) is 0 Å². The molecule has 0 amide bonds. The molecule has 0 heterocycles. The Morgan fingerprint density at radius 1 is 1.07 bits per heavy atom. The Labute approximate surface area is 95.8 Å². The highest BCUT2D eigenvalue weighted by atomic mass is 13.9. The molecular formula is C15H26. The van der Waals surface area contributed by atoms with Gasteiger partial charge in [0.1, 0.15) is 0 Å². The maximum absolute atomic E-state index is 2.33. The van der Waals surface area contributed by atoms with E-state index in [0.717, 1.165) is 6.42 Å². The predicted octanol–water partition coefficient (Wildman–Crippen LogP) is 5.28. The van der Waals surface area contributed by atoms with E-state index in [1.807, 2.05) is 0 Å². The smallest absolute Gasteiger partial charge is 0.0167 e. The molecule has 0 saturated carbocycles. The molecule has 86 valence electrons. The summed E-state index contributed by atoms with van der Waals surface area (Å²) in [6.07, 6.45) is 12.6. The van der Waals surface area contributed by atoms with E-state index in [2.05, 4.69) is 58.9 Å². The summed E-state index contributed by atoms with van der Waals surface area (Å²) in [4.78, 5) is 0. The molecule has 0 saturated heterocycles. The van der Waals surface area contributed by atoms with Gasteiger partial charge in [0, 0.05) is 0 Å². The molecule has 0 spiro atoms. The van der Waals surface area contributed by atoms with E-state index in [1.54, 1.807) is 0 Å². The summed E-state index contributed by atoms with van der Waals surface area (Å²) < 4.78 is 0. The van der Waals surface area contributed by atoms with Crippen molar-refractivity contribution >= 4 is 0 Å². The number of hydrogen-bond acceptors (Lipinski definition) is 0. The van der Waals surface area contributed by atoms with Crippen LogP contribution in [0.4, 0.5) is 0 Å². The van der Waals surface area contributed by atoms with Gasteiger partial charge in [-0.25, -0.2) is 0 Å². The highest BCUT2D eigenvalue weighted by Crippen LogP contribution is 2.08. The lowest BCUT2D eigenvalue weighted by Crippen LogP contribution is -1.78. The van der Waals surface area contributed by atoms with E-state index in [9.17, 15) is 0 Å². The molecule has 0 aliphatic rings. The molecule has 0 aliphatic carbocycles. The molecule has 0 atom stereocenters. The summed E-state index contributed by atoms with van der Waals surface area (Å²) in [5.41, 5.74) is 2.92. The second-order valence-corrected chi connectivity index (χ2v) is 4.78. The van der Waals surface area contributed by atoms with Crippen molar-refractivity contribution in [2.24, 2.45) is 5.92 Å². The first-order valence-electron chi connectivity index (χ1n) is 5.98. The molecule has 0 radical (unpaired) electrons. The van der Waals surface area contributed by atoms with Gasteiger partial charge in [-0.15, -0.1) is 0 Å². The molecule has 15 heavy (non-hydrogen) atoms. The maximum Gasteiger partial charge on any atom is -0.0167 e. The Kier molecular flexibility index (Phi) is 8.08. The Balaban J connectivity index is 3.75. The number of allylic oxidation sites excluding steroid dienone is 6. The van der Waals surface area contributed by atoms with Crippen LogP contribution in [0.25, 0.3) is 0 Å². The standard InChI is InChI=1S/C15H26/c1-13(2)9-6-7-11-15(5)12-8-10-14(3)4/h6,9-11,13H,7-8,12H2,1-5H3. The SMILES string of the molecule is CC(C)=CCCC(C)=CCC=CC(C)C. The zero-order chi connectivity index (χ0) is 11.7. The van der Waals surface area contributed by atoms with Crippen molar-refractivity contribution in [3.05, 3.63) is 35.5 Å². The Morgan fingerprint density at radius 3 is 2.27 bits per heavy atom. The van der Waals surface area contributed by atoms with Crippen molar-refractivity contribution in [3.8, 4) is 0 Å². The van der Waals surface area contributed by atoms with Gasteiger partial charge in [-0.3, -0.25) is 0 Å². The summed E-state index contributed by atoms with van der Waals surface area (Å²) >= 11 is 0. The first-order valence-corrected chi connectivity index (χ1v) is 5.98. The van der Waals surface area contributed by atoms with Crippen LogP contribution in [0, 0.1) is 5.92 Å². The van der Waals surface area contributed by atoms with Crippen LogP contribution in [-0.2, 0) is 0 Å². The average molecular weight is 206 g/mol. The molecule has 0 fully saturated rings. The van der Waals surface area contributed by atoms with Crippen molar-refractivity contribution in [2.75, 3.05) is 0 Å². The molecule has 0 aliphatic heterocycles. The minimum Gasteiger partial charge on any atom is -0.0857 e. The van der Waals surface area contributed by atoms with Gasteiger partial charge in [-0.2, -0.15) is 0 Å². The van der Waals surface area contributed by atoms with Gasteiger partial charge in [-0.1, -0.05) is 49.3 Å². The minimum absolute atomic E-state index is 0.671. The lowest BCUT2D eigenvalue weighted by molar-refractivity contribution is 0.827. The zero-order valence-electron chi connectivity index (χ0n) is 11.0. The van der Waals surface area contributed by atoms with Gasteiger partial charge < -0.3 is 0 Å². The molecule has 0 nitrogen and oxygen atoms in total. The normalized spacial score (nSPS) is 12.5. The predicted molar refractivity (Wildman–Crippen MR) is 71.0 cm³/mol. The molecule has 0 aromatic heterocycles. The van der Waals surface area contributed by atoms with Crippen LogP contribution >= 0.6 is 0 Å². The molecule has 0 aromatic carbocycles. The number of rotatable bonds is 6. The van der Waals surface area contributed by atoms with E-state index in [4.69, 9.17) is 0 Å². The van der Waals surface area contributed by atoms with Crippen LogP contribution in [0.15, 0.2) is 35.5 Å². The van der Waals surface area contributed by atoms with Crippen molar-refractivity contribution in [1.82, 2.24) is 0 Å². The minimum atomic E-state index is 0.671. The van der Waals surface area contributed by atoms with Gasteiger partial charge in [0.15, 0.2) is 0 Å². The second kappa shape index (κ2) is 8.52. The first kappa shape index (κ1) is 14.2. The van der Waals surface area contributed by atoms with Gasteiger partial charge >= 0.3 is 0 Å². The van der Waals surface area contributed by atoms with Gasteiger partial charge in [0.25, 0.3) is 0 Å². The summed E-state index contributed by atoms with van der Waals surface area (Å²) in [7, 11) is 0. The average Bonchev–Trinajstić information content (AvgIpc) is 2.11. The largest absolute Gasteiger partial charge is 0.0857 e. The lowest BCUT2D eigenvalue weighted by atomic mass is 10.1. The van der Waals surface area contributed by atoms with E-state index in [0.29, 0.717) is 5.92 Å². The van der Waals surface area contributed by atoms with Crippen LogP contribution in [-0.4, -0.2) is 0 Å². The molecule has 0 heteroatoms. The van der Waals surface area contributed by atoms with Crippen LogP contribution in [0.2, 0.25) is 0 Å². The maximum atomic E-state index is 2.33. The van der Waals surface area contributed by atoms with Crippen LogP contribution < -0.4 is 0 Å². The molecule has 0 unspecified atom stereocenters. The third kappa shape index (κ3) is 11.1. The Bertz CT molecular complexity index is 235.